The Kier molecular flexibility index (Phi) is 4.87. The molecule has 1 aliphatic heterocycles. The van der Waals surface area contributed by atoms with E-state index in [2.05, 4.69) is 18.3 Å². The average molecular weight is 344 g/mol. The van der Waals surface area contributed by atoms with Crippen molar-refractivity contribution in [2.75, 3.05) is 11.6 Å². The van der Waals surface area contributed by atoms with Gasteiger partial charge in [0.1, 0.15) is 0 Å². The van der Waals surface area contributed by atoms with Gasteiger partial charge in [0.2, 0.25) is 0 Å². The Hall–Kier alpha value is -0.190. The van der Waals surface area contributed by atoms with Gasteiger partial charge in [0.15, 0.2) is 0 Å². The van der Waals surface area contributed by atoms with Gasteiger partial charge < -0.3 is 5.32 Å². The van der Waals surface area contributed by atoms with Gasteiger partial charge in [0.05, 0.1) is 10.4 Å². The maximum atomic E-state index is 12.6. The fourth-order valence-electron chi connectivity index (χ4n) is 3.49. The third-order valence-corrected chi connectivity index (χ3v) is 7.33. The Balaban J connectivity index is 1.74. The fourth-order valence-corrected chi connectivity index (χ4v) is 6.07. The molecule has 116 valence electrons. The van der Waals surface area contributed by atoms with Crippen LogP contribution < -0.4 is 5.32 Å². The van der Waals surface area contributed by atoms with E-state index in [1.807, 2.05) is 11.8 Å². The van der Waals surface area contributed by atoms with Crippen molar-refractivity contribution in [2.24, 2.45) is 5.92 Å². The first-order valence-electron chi connectivity index (χ1n) is 7.70. The monoisotopic (exact) mass is 343 g/mol. The molecule has 1 aromatic rings. The number of alkyl halides is 1. The zero-order valence-electron chi connectivity index (χ0n) is 12.4. The van der Waals surface area contributed by atoms with Crippen molar-refractivity contribution in [3.8, 4) is 0 Å². The predicted octanol–water partition coefficient (Wildman–Crippen LogP) is 4.45. The highest BCUT2D eigenvalue weighted by Crippen LogP contribution is 2.35. The van der Waals surface area contributed by atoms with Gasteiger partial charge in [0, 0.05) is 16.5 Å². The van der Waals surface area contributed by atoms with Gasteiger partial charge in [-0.25, -0.2) is 0 Å². The summed E-state index contributed by atoms with van der Waals surface area (Å²) in [5.74, 6) is 3.47. The first-order chi connectivity index (χ1) is 10.1. The molecule has 0 radical (unpaired) electrons. The smallest absolute Gasteiger partial charge is 0.261 e. The molecule has 2 unspecified atom stereocenters. The first kappa shape index (κ1) is 15.7. The minimum atomic E-state index is -0.199. The van der Waals surface area contributed by atoms with Crippen LogP contribution in [0.2, 0.25) is 0 Å². The summed E-state index contributed by atoms with van der Waals surface area (Å²) < 4.78 is 0. The van der Waals surface area contributed by atoms with Gasteiger partial charge in [-0.3, -0.25) is 4.79 Å². The Morgan fingerprint density at radius 3 is 3.14 bits per heavy atom. The molecule has 0 bridgehead atoms. The minimum Gasteiger partial charge on any atom is -0.345 e. The number of fused-ring (bicyclic) bond motifs is 1. The van der Waals surface area contributed by atoms with E-state index >= 15 is 0 Å². The van der Waals surface area contributed by atoms with E-state index in [4.69, 9.17) is 11.6 Å². The summed E-state index contributed by atoms with van der Waals surface area (Å²) in [6.07, 6.45) is 5.52. The van der Waals surface area contributed by atoms with Gasteiger partial charge in [-0.1, -0.05) is 19.8 Å². The number of halogens is 1. The predicted molar refractivity (Wildman–Crippen MR) is 92.7 cm³/mol. The Labute approximate surface area is 140 Å². The number of amides is 1. The van der Waals surface area contributed by atoms with Crippen molar-refractivity contribution >= 4 is 40.6 Å². The van der Waals surface area contributed by atoms with Gasteiger partial charge >= 0.3 is 0 Å². The summed E-state index contributed by atoms with van der Waals surface area (Å²) in [7, 11) is 0. The highest BCUT2D eigenvalue weighted by molar-refractivity contribution is 7.98. The van der Waals surface area contributed by atoms with Gasteiger partial charge in [-0.05, 0) is 42.6 Å². The number of carbonyl (C=O) groups excluding carboxylic acids is 1. The molecule has 1 aliphatic carbocycles. The first-order valence-corrected chi connectivity index (χ1v) is 10.2. The number of hydrogen-bond acceptors (Lipinski definition) is 3. The Bertz CT molecular complexity index is 507. The summed E-state index contributed by atoms with van der Waals surface area (Å²) in [5, 5.41) is 3.27. The van der Waals surface area contributed by atoms with Crippen LogP contribution in [0.4, 0.5) is 0 Å². The lowest BCUT2D eigenvalue weighted by atomic mass is 9.77. The van der Waals surface area contributed by atoms with E-state index in [-0.39, 0.29) is 11.4 Å². The second-order valence-electron chi connectivity index (χ2n) is 6.43. The number of aryl methyl sites for hydroxylation is 1. The molecular weight excluding hydrogens is 322 g/mol. The molecule has 2 aliphatic rings. The highest BCUT2D eigenvalue weighted by Gasteiger charge is 2.36. The summed E-state index contributed by atoms with van der Waals surface area (Å²) in [5.41, 5.74) is 1.16. The molecule has 21 heavy (non-hydrogen) atoms. The molecular formula is C16H22ClNOS2. The molecule has 2 nitrogen and oxygen atoms in total. The second kappa shape index (κ2) is 6.51. The number of nitrogens with one attached hydrogen (secondary N) is 1. The van der Waals surface area contributed by atoms with Crippen molar-refractivity contribution in [3.63, 3.8) is 0 Å². The van der Waals surface area contributed by atoms with Crippen LogP contribution in [-0.4, -0.2) is 23.1 Å². The molecule has 1 amide bonds. The number of carbonyl (C=O) groups is 1. The van der Waals surface area contributed by atoms with Crippen LogP contribution in [0.3, 0.4) is 0 Å². The van der Waals surface area contributed by atoms with Gasteiger partial charge in [-0.15, -0.1) is 22.9 Å². The van der Waals surface area contributed by atoms with Crippen LogP contribution >= 0.6 is 34.7 Å². The lowest BCUT2D eigenvalue weighted by Crippen LogP contribution is -2.52. The van der Waals surface area contributed by atoms with Crippen LogP contribution in [0.25, 0.3) is 0 Å². The third-order valence-electron chi connectivity index (χ3n) is 4.58. The highest BCUT2D eigenvalue weighted by atomic mass is 35.5. The zero-order chi connectivity index (χ0) is 14.9. The Morgan fingerprint density at radius 2 is 2.43 bits per heavy atom. The van der Waals surface area contributed by atoms with E-state index < -0.39 is 0 Å². The van der Waals surface area contributed by atoms with Gasteiger partial charge in [0.25, 0.3) is 5.91 Å². The average Bonchev–Trinajstić information content (AvgIpc) is 2.91. The van der Waals surface area contributed by atoms with Crippen LogP contribution in [0.15, 0.2) is 6.07 Å². The van der Waals surface area contributed by atoms with Gasteiger partial charge in [-0.2, -0.15) is 11.8 Å². The lowest BCUT2D eigenvalue weighted by molar-refractivity contribution is 0.0871. The molecule has 1 aromatic heterocycles. The number of thiophene rings is 1. The lowest BCUT2D eigenvalue weighted by Gasteiger charge is -2.39. The van der Waals surface area contributed by atoms with E-state index in [1.54, 1.807) is 11.3 Å². The van der Waals surface area contributed by atoms with Crippen molar-refractivity contribution in [3.05, 3.63) is 21.4 Å². The van der Waals surface area contributed by atoms with Crippen molar-refractivity contribution in [2.45, 2.75) is 50.3 Å². The molecule has 1 saturated carbocycles. The summed E-state index contributed by atoms with van der Waals surface area (Å²) in [6, 6.07) is 2.09. The molecule has 5 heteroatoms. The summed E-state index contributed by atoms with van der Waals surface area (Å²) >= 11 is 9.85. The van der Waals surface area contributed by atoms with Crippen LogP contribution in [0, 0.1) is 5.92 Å². The van der Waals surface area contributed by atoms with Crippen molar-refractivity contribution < 1.29 is 4.79 Å². The molecule has 2 atom stereocenters. The van der Waals surface area contributed by atoms with Crippen LogP contribution in [0.5, 0.6) is 0 Å². The van der Waals surface area contributed by atoms with E-state index in [1.165, 1.54) is 22.6 Å². The molecule has 2 heterocycles. The topological polar surface area (TPSA) is 29.1 Å². The van der Waals surface area contributed by atoms with E-state index in [9.17, 15) is 4.79 Å². The van der Waals surface area contributed by atoms with Crippen molar-refractivity contribution in [1.29, 1.82) is 0 Å². The quantitative estimate of drug-likeness (QED) is 0.821. The maximum absolute atomic E-state index is 12.6. The second-order valence-corrected chi connectivity index (χ2v) is 8.94. The maximum Gasteiger partial charge on any atom is 0.261 e. The molecule has 0 spiro atoms. The molecule has 0 aromatic carbocycles. The molecule has 0 saturated heterocycles. The minimum absolute atomic E-state index is 0.0779. The SMILES string of the molecule is CC1CCCC(CCl)(NC(=O)c2cc3c(s2)CCSC3)C1. The molecule has 3 rings (SSSR count). The zero-order valence-corrected chi connectivity index (χ0v) is 14.8. The summed E-state index contributed by atoms with van der Waals surface area (Å²) in [4.78, 5) is 14.9. The molecule has 1 fully saturated rings. The van der Waals surface area contributed by atoms with E-state index in [0.29, 0.717) is 11.8 Å². The van der Waals surface area contributed by atoms with Crippen LogP contribution in [0.1, 0.15) is 52.7 Å². The molecule has 1 N–H and O–H groups in total. The largest absolute Gasteiger partial charge is 0.345 e. The third kappa shape index (κ3) is 3.43. The van der Waals surface area contributed by atoms with E-state index in [0.717, 1.165) is 36.3 Å². The van der Waals surface area contributed by atoms with Crippen LogP contribution in [-0.2, 0) is 12.2 Å². The van der Waals surface area contributed by atoms with Crippen molar-refractivity contribution in [1.82, 2.24) is 5.32 Å². The number of hydrogen-bond donors (Lipinski definition) is 1. The summed E-state index contributed by atoms with van der Waals surface area (Å²) in [6.45, 7) is 2.26. The Morgan fingerprint density at radius 1 is 1.57 bits per heavy atom. The fraction of sp³-hybridized carbons (Fsp3) is 0.688. The number of thioether (sulfide) groups is 1. The standard InChI is InChI=1S/C16H22ClNOS2/c1-11-3-2-5-16(8-11,10-17)18-15(19)14-7-12-9-20-6-4-13(12)21-14/h7,11H,2-6,8-10H2,1H3,(H,18,19). The number of rotatable bonds is 3. The normalized spacial score (nSPS) is 29.0.